The number of nitrogens with one attached hydrogen (secondary N) is 1. The second-order valence-electron chi connectivity index (χ2n) is 2.94. The Morgan fingerprint density at radius 3 is 3.00 bits per heavy atom. The molecule has 0 aliphatic carbocycles. The molecule has 0 bridgehead atoms. The molecule has 72 valence electrons. The summed E-state index contributed by atoms with van der Waals surface area (Å²) in [4.78, 5) is 11.3. The molecule has 0 fully saturated rings. The molecule has 0 radical (unpaired) electrons. The van der Waals surface area contributed by atoms with E-state index in [-0.39, 0.29) is 17.7 Å². The molecule has 0 unspecified atom stereocenters. The highest BCUT2D eigenvalue weighted by atomic mass is 16.5. The van der Waals surface area contributed by atoms with Crippen molar-refractivity contribution in [1.82, 2.24) is 10.5 Å². The van der Waals surface area contributed by atoms with Gasteiger partial charge < -0.3 is 15.6 Å². The number of carbonyl (C=O) groups is 1. The molecule has 0 spiro atoms. The number of nitrogens with two attached hydrogens (primary N) is 1. The van der Waals surface area contributed by atoms with Crippen LogP contribution in [0.25, 0.3) is 0 Å². The molecule has 0 aliphatic rings. The number of aromatic nitrogens is 1. The van der Waals surface area contributed by atoms with Crippen molar-refractivity contribution < 1.29 is 9.32 Å². The number of rotatable bonds is 3. The minimum atomic E-state index is -0.279. The van der Waals surface area contributed by atoms with E-state index in [2.05, 4.69) is 10.5 Å². The molecule has 1 aromatic rings. The molecule has 0 aromatic carbocycles. The molecule has 1 aromatic heterocycles. The first kappa shape index (κ1) is 9.73. The predicted molar refractivity (Wildman–Crippen MR) is 47.2 cm³/mol. The van der Waals surface area contributed by atoms with E-state index in [1.807, 2.05) is 6.92 Å². The SMILES string of the molecule is Cc1cc(C(=O)N[C@@H](C)CN)on1. The van der Waals surface area contributed by atoms with Crippen LogP contribution in [0.1, 0.15) is 23.2 Å². The van der Waals surface area contributed by atoms with E-state index in [1.165, 1.54) is 0 Å². The predicted octanol–water partition coefficient (Wildman–Crippen LogP) is 0.0600. The molecular formula is C8H13N3O2. The van der Waals surface area contributed by atoms with Crippen LogP contribution in [0.4, 0.5) is 0 Å². The third-order valence-electron chi connectivity index (χ3n) is 1.58. The van der Waals surface area contributed by atoms with Gasteiger partial charge in [0.05, 0.1) is 5.69 Å². The van der Waals surface area contributed by atoms with Crippen LogP contribution >= 0.6 is 0 Å². The average Bonchev–Trinajstić information content (AvgIpc) is 2.51. The summed E-state index contributed by atoms with van der Waals surface area (Å²) in [6.45, 7) is 3.98. The van der Waals surface area contributed by atoms with Crippen LogP contribution in [0.2, 0.25) is 0 Å². The molecule has 1 atom stereocenters. The standard InChI is InChI=1S/C8H13N3O2/c1-5-3-7(13-11-5)8(12)10-6(2)4-9/h3,6H,4,9H2,1-2H3,(H,10,12)/t6-/m0/s1. The van der Waals surface area contributed by atoms with Gasteiger partial charge in [0.2, 0.25) is 5.76 Å². The van der Waals surface area contributed by atoms with Crippen molar-refractivity contribution in [3.05, 3.63) is 17.5 Å². The van der Waals surface area contributed by atoms with Gasteiger partial charge in [-0.2, -0.15) is 0 Å². The Morgan fingerprint density at radius 2 is 2.54 bits per heavy atom. The summed E-state index contributed by atoms with van der Waals surface area (Å²) in [5.41, 5.74) is 6.03. The topological polar surface area (TPSA) is 81.2 Å². The fourth-order valence-electron chi connectivity index (χ4n) is 0.824. The molecule has 3 N–H and O–H groups in total. The number of hydrogen-bond donors (Lipinski definition) is 2. The van der Waals surface area contributed by atoms with E-state index in [1.54, 1.807) is 13.0 Å². The lowest BCUT2D eigenvalue weighted by Crippen LogP contribution is -2.37. The Labute approximate surface area is 76.3 Å². The fourth-order valence-corrected chi connectivity index (χ4v) is 0.824. The summed E-state index contributed by atoms with van der Waals surface area (Å²) in [6.07, 6.45) is 0. The number of aryl methyl sites for hydroxylation is 1. The Balaban J connectivity index is 2.58. The van der Waals surface area contributed by atoms with Crippen LogP contribution < -0.4 is 11.1 Å². The first-order valence-corrected chi connectivity index (χ1v) is 4.07. The Bertz CT molecular complexity index is 295. The van der Waals surface area contributed by atoms with E-state index < -0.39 is 0 Å². The Kier molecular flexibility index (Phi) is 3.02. The minimum absolute atomic E-state index is 0.0575. The van der Waals surface area contributed by atoms with Crippen LogP contribution in [0.5, 0.6) is 0 Å². The van der Waals surface area contributed by atoms with Crippen molar-refractivity contribution in [2.45, 2.75) is 19.9 Å². The van der Waals surface area contributed by atoms with Crippen molar-refractivity contribution in [1.29, 1.82) is 0 Å². The Morgan fingerprint density at radius 1 is 1.85 bits per heavy atom. The normalized spacial score (nSPS) is 12.5. The maximum atomic E-state index is 11.3. The lowest BCUT2D eigenvalue weighted by Gasteiger charge is -2.08. The van der Waals surface area contributed by atoms with Gasteiger partial charge in [0.15, 0.2) is 0 Å². The number of nitrogens with zero attached hydrogens (tertiary/aromatic N) is 1. The van der Waals surface area contributed by atoms with Gasteiger partial charge in [-0.05, 0) is 13.8 Å². The van der Waals surface area contributed by atoms with Gasteiger partial charge in [-0.3, -0.25) is 4.79 Å². The highest BCUT2D eigenvalue weighted by Gasteiger charge is 2.12. The van der Waals surface area contributed by atoms with E-state index in [9.17, 15) is 4.79 Å². The van der Waals surface area contributed by atoms with Crippen molar-refractivity contribution in [2.24, 2.45) is 5.73 Å². The monoisotopic (exact) mass is 183 g/mol. The first-order valence-electron chi connectivity index (χ1n) is 4.07. The minimum Gasteiger partial charge on any atom is -0.351 e. The van der Waals surface area contributed by atoms with Crippen LogP contribution in [0.3, 0.4) is 0 Å². The molecular weight excluding hydrogens is 170 g/mol. The summed E-state index contributed by atoms with van der Waals surface area (Å²) in [6, 6.07) is 1.52. The highest BCUT2D eigenvalue weighted by Crippen LogP contribution is 2.01. The number of amides is 1. The van der Waals surface area contributed by atoms with Crippen molar-refractivity contribution in [2.75, 3.05) is 6.54 Å². The van der Waals surface area contributed by atoms with E-state index in [0.29, 0.717) is 12.2 Å². The zero-order valence-corrected chi connectivity index (χ0v) is 7.70. The number of hydrogen-bond acceptors (Lipinski definition) is 4. The van der Waals surface area contributed by atoms with Crippen LogP contribution in [-0.4, -0.2) is 23.7 Å². The van der Waals surface area contributed by atoms with Gasteiger partial charge in [0, 0.05) is 18.7 Å². The van der Waals surface area contributed by atoms with Gasteiger partial charge in [-0.15, -0.1) is 0 Å². The summed E-state index contributed by atoms with van der Waals surface area (Å²) in [5.74, 6) is -0.0589. The summed E-state index contributed by atoms with van der Waals surface area (Å²) < 4.78 is 4.77. The molecule has 5 heteroatoms. The zero-order chi connectivity index (χ0) is 9.84. The molecule has 1 amide bonds. The maximum absolute atomic E-state index is 11.3. The van der Waals surface area contributed by atoms with Crippen LogP contribution in [-0.2, 0) is 0 Å². The molecule has 5 nitrogen and oxygen atoms in total. The van der Waals surface area contributed by atoms with Crippen LogP contribution in [0.15, 0.2) is 10.6 Å². The van der Waals surface area contributed by atoms with E-state index in [4.69, 9.17) is 10.3 Å². The maximum Gasteiger partial charge on any atom is 0.290 e. The van der Waals surface area contributed by atoms with Crippen molar-refractivity contribution >= 4 is 5.91 Å². The van der Waals surface area contributed by atoms with Crippen LogP contribution in [0, 0.1) is 6.92 Å². The average molecular weight is 183 g/mol. The molecule has 1 rings (SSSR count). The highest BCUT2D eigenvalue weighted by molar-refractivity contribution is 5.91. The summed E-state index contributed by atoms with van der Waals surface area (Å²) in [5, 5.41) is 6.27. The quantitative estimate of drug-likeness (QED) is 0.694. The zero-order valence-electron chi connectivity index (χ0n) is 7.70. The van der Waals surface area contributed by atoms with Gasteiger partial charge in [0.1, 0.15) is 0 Å². The summed E-state index contributed by atoms with van der Waals surface area (Å²) >= 11 is 0. The first-order chi connectivity index (χ1) is 6.13. The third-order valence-corrected chi connectivity index (χ3v) is 1.58. The van der Waals surface area contributed by atoms with Crippen molar-refractivity contribution in [3.63, 3.8) is 0 Å². The second-order valence-corrected chi connectivity index (χ2v) is 2.94. The second kappa shape index (κ2) is 4.04. The smallest absolute Gasteiger partial charge is 0.290 e. The van der Waals surface area contributed by atoms with Gasteiger partial charge >= 0.3 is 0 Å². The lowest BCUT2D eigenvalue weighted by molar-refractivity contribution is 0.0904. The molecule has 0 saturated carbocycles. The molecule has 1 heterocycles. The molecule has 13 heavy (non-hydrogen) atoms. The van der Waals surface area contributed by atoms with E-state index in [0.717, 1.165) is 0 Å². The molecule has 0 aliphatic heterocycles. The Hall–Kier alpha value is -1.36. The number of carbonyl (C=O) groups excluding carboxylic acids is 1. The largest absolute Gasteiger partial charge is 0.351 e. The van der Waals surface area contributed by atoms with E-state index >= 15 is 0 Å². The van der Waals surface area contributed by atoms with Crippen molar-refractivity contribution in [3.8, 4) is 0 Å². The van der Waals surface area contributed by atoms with Gasteiger partial charge in [-0.25, -0.2) is 0 Å². The van der Waals surface area contributed by atoms with Gasteiger partial charge in [0.25, 0.3) is 5.91 Å². The lowest BCUT2D eigenvalue weighted by atomic mass is 10.3. The summed E-state index contributed by atoms with van der Waals surface area (Å²) in [7, 11) is 0. The fraction of sp³-hybridized carbons (Fsp3) is 0.500. The van der Waals surface area contributed by atoms with Gasteiger partial charge in [-0.1, -0.05) is 5.16 Å². The molecule has 0 saturated heterocycles. The third kappa shape index (κ3) is 2.55.